The van der Waals surface area contributed by atoms with Crippen molar-refractivity contribution in [2.45, 2.75) is 72.0 Å². The van der Waals surface area contributed by atoms with Gasteiger partial charge >= 0.3 is 0 Å². The highest BCUT2D eigenvalue weighted by atomic mass is 16.5. The third-order valence-electron chi connectivity index (χ3n) is 6.50. The van der Waals surface area contributed by atoms with E-state index in [2.05, 4.69) is 51.1 Å². The van der Waals surface area contributed by atoms with Crippen LogP contribution in [0.3, 0.4) is 0 Å². The number of rotatable bonds is 4. The number of ether oxygens (including phenoxy) is 1. The third-order valence-corrected chi connectivity index (χ3v) is 6.50. The Labute approximate surface area is 141 Å². The van der Waals surface area contributed by atoms with Crippen LogP contribution in [0.25, 0.3) is 0 Å². The van der Waals surface area contributed by atoms with Gasteiger partial charge in [-0.2, -0.15) is 0 Å². The van der Waals surface area contributed by atoms with Crippen LogP contribution in [-0.2, 0) is 11.3 Å². The second kappa shape index (κ2) is 5.62. The average Bonchev–Trinajstić information content (AvgIpc) is 2.44. The van der Waals surface area contributed by atoms with Gasteiger partial charge in [-0.1, -0.05) is 51.1 Å². The zero-order chi connectivity index (χ0) is 16.1. The SMILES string of the molecule is CC(C)(C)CC12CC3CC(C1)C(OCc1ccccc1)C(C3)C2. The molecule has 0 radical (unpaired) electrons. The van der Waals surface area contributed by atoms with Crippen molar-refractivity contribution in [1.82, 2.24) is 0 Å². The number of benzene rings is 1. The molecule has 0 amide bonds. The second-order valence-corrected chi connectivity index (χ2v) is 9.97. The molecule has 0 aromatic heterocycles. The zero-order valence-electron chi connectivity index (χ0n) is 15.1. The Bertz CT molecular complexity index is 525. The average molecular weight is 312 g/mol. The Balaban J connectivity index is 1.45. The molecule has 1 aromatic rings. The van der Waals surface area contributed by atoms with Gasteiger partial charge in [0, 0.05) is 0 Å². The lowest BCUT2D eigenvalue weighted by Gasteiger charge is -2.61. The highest BCUT2D eigenvalue weighted by Crippen LogP contribution is 2.63. The molecule has 23 heavy (non-hydrogen) atoms. The molecular formula is C22H32O. The fraction of sp³-hybridized carbons (Fsp3) is 0.727. The summed E-state index contributed by atoms with van der Waals surface area (Å²) >= 11 is 0. The first-order valence-electron chi connectivity index (χ1n) is 9.58. The summed E-state index contributed by atoms with van der Waals surface area (Å²) in [5, 5.41) is 0. The Hall–Kier alpha value is -0.820. The van der Waals surface area contributed by atoms with Crippen molar-refractivity contribution >= 4 is 0 Å². The fourth-order valence-electron chi connectivity index (χ4n) is 6.53. The highest BCUT2D eigenvalue weighted by Gasteiger charge is 2.56. The summed E-state index contributed by atoms with van der Waals surface area (Å²) in [7, 11) is 0. The molecule has 2 atom stereocenters. The first-order chi connectivity index (χ1) is 10.9. The van der Waals surface area contributed by atoms with Crippen LogP contribution in [0.15, 0.2) is 30.3 Å². The molecule has 0 saturated heterocycles. The minimum Gasteiger partial charge on any atom is -0.373 e. The van der Waals surface area contributed by atoms with Crippen LogP contribution < -0.4 is 0 Å². The highest BCUT2D eigenvalue weighted by molar-refractivity contribution is 5.14. The first kappa shape index (κ1) is 15.7. The van der Waals surface area contributed by atoms with Crippen LogP contribution in [0.4, 0.5) is 0 Å². The Kier molecular flexibility index (Phi) is 3.83. The molecule has 0 aliphatic heterocycles. The van der Waals surface area contributed by atoms with Gasteiger partial charge in [0.1, 0.15) is 0 Å². The van der Waals surface area contributed by atoms with Gasteiger partial charge in [-0.25, -0.2) is 0 Å². The van der Waals surface area contributed by atoms with Gasteiger partial charge in [0.15, 0.2) is 0 Å². The molecule has 126 valence electrons. The molecule has 0 spiro atoms. The van der Waals surface area contributed by atoms with E-state index in [-0.39, 0.29) is 0 Å². The predicted molar refractivity (Wildman–Crippen MR) is 95.1 cm³/mol. The molecule has 4 aliphatic carbocycles. The van der Waals surface area contributed by atoms with Gasteiger partial charge in [0.2, 0.25) is 0 Å². The molecular weight excluding hydrogens is 280 g/mol. The standard InChI is InChI=1S/C22H32O/c1-21(2,3)15-22-11-17-9-18(12-22)20(19(10-17)13-22)23-14-16-7-5-4-6-8-16/h4-8,17-20H,9-15H2,1-3H3. The van der Waals surface area contributed by atoms with E-state index in [9.17, 15) is 0 Å². The maximum absolute atomic E-state index is 6.48. The summed E-state index contributed by atoms with van der Waals surface area (Å²) in [6, 6.07) is 10.7. The Morgan fingerprint density at radius 3 is 2.26 bits per heavy atom. The fourth-order valence-corrected chi connectivity index (χ4v) is 6.53. The maximum Gasteiger partial charge on any atom is 0.0720 e. The Morgan fingerprint density at radius 2 is 1.65 bits per heavy atom. The van der Waals surface area contributed by atoms with Gasteiger partial charge < -0.3 is 4.74 Å². The quantitative estimate of drug-likeness (QED) is 0.679. The third kappa shape index (κ3) is 3.22. The van der Waals surface area contributed by atoms with Crippen LogP contribution in [0.2, 0.25) is 0 Å². The molecule has 0 N–H and O–H groups in total. The van der Waals surface area contributed by atoms with Crippen LogP contribution in [-0.4, -0.2) is 6.10 Å². The van der Waals surface area contributed by atoms with Gasteiger partial charge in [-0.05, 0) is 72.7 Å². The normalized spacial score (nSPS) is 38.9. The first-order valence-corrected chi connectivity index (χ1v) is 9.58. The van der Waals surface area contributed by atoms with Crippen LogP contribution in [0.1, 0.15) is 64.9 Å². The van der Waals surface area contributed by atoms with Crippen LogP contribution in [0.5, 0.6) is 0 Å². The van der Waals surface area contributed by atoms with E-state index in [0.29, 0.717) is 16.9 Å². The Morgan fingerprint density at radius 1 is 1.00 bits per heavy atom. The minimum atomic E-state index is 0.464. The predicted octanol–water partition coefficient (Wildman–Crippen LogP) is 5.83. The van der Waals surface area contributed by atoms with Crippen molar-refractivity contribution < 1.29 is 4.74 Å². The summed E-state index contributed by atoms with van der Waals surface area (Å²) in [4.78, 5) is 0. The van der Waals surface area contributed by atoms with Crippen molar-refractivity contribution in [3.8, 4) is 0 Å². The van der Waals surface area contributed by atoms with E-state index in [1.165, 1.54) is 44.1 Å². The zero-order valence-corrected chi connectivity index (χ0v) is 15.1. The van der Waals surface area contributed by atoms with Gasteiger partial charge in [0.05, 0.1) is 12.7 Å². The minimum absolute atomic E-state index is 0.464. The molecule has 4 bridgehead atoms. The van der Waals surface area contributed by atoms with E-state index >= 15 is 0 Å². The van der Waals surface area contributed by atoms with Gasteiger partial charge in [0.25, 0.3) is 0 Å². The number of hydrogen-bond donors (Lipinski definition) is 0. The largest absolute Gasteiger partial charge is 0.373 e. The molecule has 2 unspecified atom stereocenters. The summed E-state index contributed by atoms with van der Waals surface area (Å²) in [5.41, 5.74) is 2.43. The van der Waals surface area contributed by atoms with E-state index in [1.807, 2.05) is 0 Å². The lowest BCUT2D eigenvalue weighted by molar-refractivity contribution is -0.170. The van der Waals surface area contributed by atoms with Crippen molar-refractivity contribution in [2.24, 2.45) is 28.6 Å². The molecule has 4 fully saturated rings. The van der Waals surface area contributed by atoms with E-state index < -0.39 is 0 Å². The molecule has 4 aliphatic rings. The van der Waals surface area contributed by atoms with E-state index in [0.717, 1.165) is 24.4 Å². The maximum atomic E-state index is 6.48. The second-order valence-electron chi connectivity index (χ2n) is 9.97. The summed E-state index contributed by atoms with van der Waals surface area (Å²) in [6.07, 6.45) is 9.16. The van der Waals surface area contributed by atoms with Gasteiger partial charge in [-0.15, -0.1) is 0 Å². The summed E-state index contributed by atoms with van der Waals surface area (Å²) in [6.45, 7) is 8.08. The summed E-state index contributed by atoms with van der Waals surface area (Å²) < 4.78 is 6.48. The molecule has 1 heteroatoms. The van der Waals surface area contributed by atoms with Crippen molar-refractivity contribution in [2.75, 3.05) is 0 Å². The monoisotopic (exact) mass is 312 g/mol. The van der Waals surface area contributed by atoms with Crippen LogP contribution in [0, 0.1) is 28.6 Å². The molecule has 4 saturated carbocycles. The van der Waals surface area contributed by atoms with Crippen LogP contribution >= 0.6 is 0 Å². The molecule has 0 heterocycles. The number of hydrogen-bond acceptors (Lipinski definition) is 1. The smallest absolute Gasteiger partial charge is 0.0720 e. The van der Waals surface area contributed by atoms with Crippen molar-refractivity contribution in [3.05, 3.63) is 35.9 Å². The lowest BCUT2D eigenvalue weighted by Crippen LogP contribution is -2.55. The van der Waals surface area contributed by atoms with Crippen molar-refractivity contribution in [1.29, 1.82) is 0 Å². The van der Waals surface area contributed by atoms with Gasteiger partial charge in [-0.3, -0.25) is 0 Å². The topological polar surface area (TPSA) is 9.23 Å². The van der Waals surface area contributed by atoms with E-state index in [4.69, 9.17) is 4.74 Å². The molecule has 5 rings (SSSR count). The molecule has 1 aromatic carbocycles. The van der Waals surface area contributed by atoms with Crippen molar-refractivity contribution in [3.63, 3.8) is 0 Å². The summed E-state index contributed by atoms with van der Waals surface area (Å²) in [5.74, 6) is 2.64. The van der Waals surface area contributed by atoms with E-state index in [1.54, 1.807) is 0 Å². The molecule has 1 nitrogen and oxygen atoms in total. The lowest BCUT2D eigenvalue weighted by atomic mass is 9.46.